The molecule has 0 unspecified atom stereocenters. The van der Waals surface area contributed by atoms with Crippen LogP contribution in [0.1, 0.15) is 63.4 Å². The van der Waals surface area contributed by atoms with Crippen LogP contribution in [0.4, 0.5) is 5.69 Å². The highest BCUT2D eigenvalue weighted by molar-refractivity contribution is 6.00. The predicted octanol–water partition coefficient (Wildman–Crippen LogP) is 3.61. The summed E-state index contributed by atoms with van der Waals surface area (Å²) in [5, 5.41) is 23.8. The molecule has 0 bridgehead atoms. The number of oxime groups is 1. The van der Waals surface area contributed by atoms with Crippen molar-refractivity contribution in [2.24, 2.45) is 18.1 Å². The number of rotatable bonds is 5. The zero-order chi connectivity index (χ0) is 26.0. The molecule has 3 heterocycles. The summed E-state index contributed by atoms with van der Waals surface area (Å²) in [7, 11) is 3.51. The zero-order valence-electron chi connectivity index (χ0n) is 21.2. The smallest absolute Gasteiger partial charge is 0.270 e. The van der Waals surface area contributed by atoms with Crippen molar-refractivity contribution < 1.29 is 4.84 Å². The number of pyridine rings is 2. The number of hydrogen-bond acceptors (Lipinski definition) is 8. The van der Waals surface area contributed by atoms with Gasteiger partial charge < -0.3 is 19.3 Å². The lowest BCUT2D eigenvalue weighted by molar-refractivity contribution is -0.0000675. The minimum Gasteiger partial charge on any atom is -0.390 e. The van der Waals surface area contributed by atoms with E-state index in [1.165, 1.54) is 4.57 Å². The molecule has 0 aromatic carbocycles. The Morgan fingerprint density at radius 3 is 2.53 bits per heavy atom. The van der Waals surface area contributed by atoms with Crippen molar-refractivity contribution in [3.05, 3.63) is 52.0 Å². The summed E-state index contributed by atoms with van der Waals surface area (Å²) < 4.78 is 1.42. The quantitative estimate of drug-likeness (QED) is 0.430. The number of imidazole rings is 1. The van der Waals surface area contributed by atoms with Crippen LogP contribution in [-0.2, 0) is 11.9 Å². The van der Waals surface area contributed by atoms with Gasteiger partial charge >= 0.3 is 0 Å². The van der Waals surface area contributed by atoms with Crippen LogP contribution in [0.15, 0.2) is 34.6 Å². The average Bonchev–Trinajstić information content (AvgIpc) is 3.39. The summed E-state index contributed by atoms with van der Waals surface area (Å²) in [4.78, 5) is 32.5. The molecule has 10 nitrogen and oxygen atoms in total. The fourth-order valence-electron chi connectivity index (χ4n) is 4.74. The molecule has 1 N–H and O–H groups in total. The van der Waals surface area contributed by atoms with Gasteiger partial charge in [0.25, 0.3) is 5.56 Å². The van der Waals surface area contributed by atoms with E-state index in [1.807, 2.05) is 32.7 Å². The fourth-order valence-corrected chi connectivity index (χ4v) is 4.74. The highest BCUT2D eigenvalue weighted by Gasteiger charge is 2.32. The number of aromatic nitrogens is 4. The maximum absolute atomic E-state index is 13.0. The Morgan fingerprint density at radius 2 is 1.94 bits per heavy atom. The first kappa shape index (κ1) is 24.9. The van der Waals surface area contributed by atoms with Crippen molar-refractivity contribution in [2.45, 2.75) is 58.1 Å². The second-order valence-corrected chi connectivity index (χ2v) is 10.1. The Kier molecular flexibility index (Phi) is 6.80. The standard InChI is InChI=1S/C26H30N8O2/c1-26(2,3)36-32-22(20-14-29-15-30-20)16-6-9-18(10-7-16)33(4)24-19(13-28)25(35)34(5)21-11-8-17(12-27)31-23(21)24/h8,11,14-16,18H,6-7,9-10H2,1-5H3,(H,29,30)/b32-22-. The maximum Gasteiger partial charge on any atom is 0.270 e. The van der Waals surface area contributed by atoms with Crippen molar-refractivity contribution >= 4 is 22.4 Å². The Labute approximate surface area is 209 Å². The Morgan fingerprint density at radius 1 is 1.22 bits per heavy atom. The number of anilines is 1. The van der Waals surface area contributed by atoms with Gasteiger partial charge in [-0.05, 0) is 58.6 Å². The van der Waals surface area contributed by atoms with Crippen LogP contribution < -0.4 is 10.5 Å². The van der Waals surface area contributed by atoms with Gasteiger partial charge in [0.05, 0.1) is 29.4 Å². The van der Waals surface area contributed by atoms with Crippen LogP contribution >= 0.6 is 0 Å². The number of nitrogens with one attached hydrogen (secondary N) is 1. The van der Waals surface area contributed by atoms with Crippen molar-refractivity contribution in [3.63, 3.8) is 0 Å². The SMILES string of the molecule is CN(c1c(C#N)c(=O)n(C)c2ccc(C#N)nc12)C1CCC(/C(=N/OC(C)(C)C)c2cnc[nH]2)CC1. The molecule has 1 saturated carbocycles. The minimum absolute atomic E-state index is 0.0375. The molecular formula is C26H30N8O2. The van der Waals surface area contributed by atoms with Gasteiger partial charge in [0.15, 0.2) is 0 Å². The van der Waals surface area contributed by atoms with E-state index >= 15 is 0 Å². The van der Waals surface area contributed by atoms with Gasteiger partial charge in [-0.3, -0.25) is 4.79 Å². The molecule has 0 atom stereocenters. The molecule has 0 saturated heterocycles. The van der Waals surface area contributed by atoms with E-state index in [1.54, 1.807) is 31.7 Å². The molecule has 1 aliphatic carbocycles. The molecule has 0 spiro atoms. The highest BCUT2D eigenvalue weighted by atomic mass is 16.6. The molecule has 1 aliphatic rings. The molecule has 1 fully saturated rings. The van der Waals surface area contributed by atoms with Crippen LogP contribution in [0.2, 0.25) is 0 Å². The molecule has 186 valence electrons. The Bertz CT molecular complexity index is 1430. The second-order valence-electron chi connectivity index (χ2n) is 10.1. The average molecular weight is 487 g/mol. The minimum atomic E-state index is -0.411. The first-order chi connectivity index (χ1) is 17.1. The van der Waals surface area contributed by atoms with Gasteiger partial charge in [-0.1, -0.05) is 5.16 Å². The van der Waals surface area contributed by atoms with Crippen molar-refractivity contribution in [1.82, 2.24) is 19.5 Å². The van der Waals surface area contributed by atoms with Gasteiger partial charge in [0, 0.05) is 26.1 Å². The van der Waals surface area contributed by atoms with E-state index < -0.39 is 5.60 Å². The molecule has 3 aromatic rings. The lowest BCUT2D eigenvalue weighted by Crippen LogP contribution is -2.39. The predicted molar refractivity (Wildman–Crippen MR) is 137 cm³/mol. The van der Waals surface area contributed by atoms with Gasteiger partial charge in [-0.15, -0.1) is 0 Å². The molecule has 3 aromatic heterocycles. The summed E-state index contributed by atoms with van der Waals surface area (Å²) >= 11 is 0. The third-order valence-electron chi connectivity index (χ3n) is 6.62. The monoisotopic (exact) mass is 486 g/mol. The van der Waals surface area contributed by atoms with Crippen LogP contribution in [0, 0.1) is 28.6 Å². The fraction of sp³-hybridized carbons (Fsp3) is 0.462. The maximum atomic E-state index is 13.0. The normalized spacial score (nSPS) is 18.5. The number of nitrogens with zero attached hydrogens (tertiary/aromatic N) is 7. The lowest BCUT2D eigenvalue weighted by atomic mass is 9.81. The summed E-state index contributed by atoms with van der Waals surface area (Å²) in [6.45, 7) is 5.87. The summed E-state index contributed by atoms with van der Waals surface area (Å²) in [5.74, 6) is 0.177. The third-order valence-corrected chi connectivity index (χ3v) is 6.62. The topological polar surface area (TPSA) is 136 Å². The molecule has 36 heavy (non-hydrogen) atoms. The Balaban J connectivity index is 1.65. The molecule has 0 aliphatic heterocycles. The van der Waals surface area contributed by atoms with E-state index in [9.17, 15) is 15.3 Å². The summed E-state index contributed by atoms with van der Waals surface area (Å²) in [6.07, 6.45) is 6.73. The third kappa shape index (κ3) is 4.80. The molecular weight excluding hydrogens is 456 g/mol. The number of aromatic amines is 1. The van der Waals surface area contributed by atoms with E-state index in [-0.39, 0.29) is 28.8 Å². The highest BCUT2D eigenvalue weighted by Crippen LogP contribution is 2.35. The molecule has 0 amide bonds. The number of H-pyrrole nitrogens is 1. The number of nitriles is 2. The van der Waals surface area contributed by atoms with Crippen molar-refractivity contribution in [2.75, 3.05) is 11.9 Å². The van der Waals surface area contributed by atoms with E-state index in [4.69, 9.17) is 4.84 Å². The van der Waals surface area contributed by atoms with Crippen molar-refractivity contribution in [3.8, 4) is 12.1 Å². The first-order valence-corrected chi connectivity index (χ1v) is 12.0. The van der Waals surface area contributed by atoms with Crippen LogP contribution in [0.3, 0.4) is 0 Å². The first-order valence-electron chi connectivity index (χ1n) is 12.0. The zero-order valence-corrected chi connectivity index (χ0v) is 21.2. The van der Waals surface area contributed by atoms with Gasteiger partial charge in [-0.25, -0.2) is 9.97 Å². The summed E-state index contributed by atoms with van der Waals surface area (Å²) in [6, 6.07) is 7.52. The number of fused-ring (bicyclic) bond motifs is 1. The van der Waals surface area contributed by atoms with Gasteiger partial charge in [0.2, 0.25) is 0 Å². The largest absolute Gasteiger partial charge is 0.390 e. The van der Waals surface area contributed by atoms with Crippen molar-refractivity contribution in [1.29, 1.82) is 10.5 Å². The van der Waals surface area contributed by atoms with Gasteiger partial charge in [0.1, 0.15) is 40.2 Å². The lowest BCUT2D eigenvalue weighted by Gasteiger charge is -2.36. The number of hydrogen-bond donors (Lipinski definition) is 1. The second kappa shape index (κ2) is 9.82. The Hall–Kier alpha value is -4.18. The van der Waals surface area contributed by atoms with Crippen LogP contribution in [0.25, 0.3) is 11.0 Å². The molecule has 10 heteroatoms. The summed E-state index contributed by atoms with van der Waals surface area (Å²) in [5.41, 5.74) is 2.73. The molecule has 0 radical (unpaired) electrons. The van der Waals surface area contributed by atoms with Crippen LogP contribution in [0.5, 0.6) is 0 Å². The molecule has 4 rings (SSSR count). The number of aryl methyl sites for hydroxylation is 1. The van der Waals surface area contributed by atoms with E-state index in [2.05, 4.69) is 32.2 Å². The van der Waals surface area contributed by atoms with Crippen LogP contribution in [-0.4, -0.2) is 43.9 Å². The van der Waals surface area contributed by atoms with E-state index in [0.717, 1.165) is 37.1 Å². The van der Waals surface area contributed by atoms with E-state index in [0.29, 0.717) is 16.7 Å². The van der Waals surface area contributed by atoms with Gasteiger partial charge in [-0.2, -0.15) is 10.5 Å².